The van der Waals surface area contributed by atoms with Gasteiger partial charge in [-0.3, -0.25) is 9.36 Å². The van der Waals surface area contributed by atoms with Crippen molar-refractivity contribution in [1.29, 1.82) is 0 Å². The van der Waals surface area contributed by atoms with Gasteiger partial charge in [-0.2, -0.15) is 8.78 Å². The van der Waals surface area contributed by atoms with Crippen molar-refractivity contribution in [1.82, 2.24) is 9.55 Å². The quantitative estimate of drug-likeness (QED) is 0.274. The molecule has 0 fully saturated rings. The van der Waals surface area contributed by atoms with Crippen molar-refractivity contribution in [3.05, 3.63) is 93.8 Å². The predicted molar refractivity (Wildman–Crippen MR) is 126 cm³/mol. The maximum Gasteiger partial charge on any atom is 0.341 e. The number of hydrogen-bond donors (Lipinski definition) is 0. The van der Waals surface area contributed by atoms with E-state index in [-0.39, 0.29) is 5.56 Å². The first-order chi connectivity index (χ1) is 15.7. The summed E-state index contributed by atoms with van der Waals surface area (Å²) in [6.45, 7) is 3.86. The fourth-order valence-electron chi connectivity index (χ4n) is 3.59. The van der Waals surface area contributed by atoms with E-state index in [4.69, 9.17) is 4.98 Å². The van der Waals surface area contributed by atoms with Gasteiger partial charge in [-0.05, 0) is 54.8 Å². The van der Waals surface area contributed by atoms with Crippen LogP contribution in [-0.2, 0) is 15.6 Å². The highest BCUT2D eigenvalue weighted by molar-refractivity contribution is 7.98. The Balaban J connectivity index is 1.76. The number of nitrogens with zero attached hydrogens (tertiary/aromatic N) is 2. The first-order valence-corrected chi connectivity index (χ1v) is 12.6. The van der Waals surface area contributed by atoms with Crippen LogP contribution in [0.5, 0.6) is 0 Å². The molecule has 9 heteroatoms. The molecular weight excluding hydrogens is 466 g/mol. The Kier molecular flexibility index (Phi) is 6.36. The number of hydrogen-bond acceptors (Lipinski definition) is 5. The molecule has 0 unspecified atom stereocenters. The number of aromatic nitrogens is 2. The highest BCUT2D eigenvalue weighted by Crippen LogP contribution is 2.28. The number of halogens is 2. The second-order valence-corrected chi connectivity index (χ2v) is 10.4. The minimum Gasteiger partial charge on any atom is -0.268 e. The third-order valence-corrected chi connectivity index (χ3v) is 7.67. The van der Waals surface area contributed by atoms with Crippen molar-refractivity contribution in [2.45, 2.75) is 35.4 Å². The second kappa shape index (κ2) is 9.07. The maximum absolute atomic E-state index is 13.5. The number of alkyl halides is 2. The van der Waals surface area contributed by atoms with Gasteiger partial charge in [0.15, 0.2) is 5.16 Å². The highest BCUT2D eigenvalue weighted by Gasteiger charge is 2.26. The summed E-state index contributed by atoms with van der Waals surface area (Å²) < 4.78 is 50.4. The van der Waals surface area contributed by atoms with Gasteiger partial charge in [-0.1, -0.05) is 54.2 Å². The van der Waals surface area contributed by atoms with Crippen LogP contribution in [0, 0.1) is 13.8 Å². The Morgan fingerprint density at radius 1 is 0.939 bits per heavy atom. The summed E-state index contributed by atoms with van der Waals surface area (Å²) in [5, 5.41) is 0.992. The number of para-hydroxylation sites is 2. The maximum atomic E-state index is 13.5. The summed E-state index contributed by atoms with van der Waals surface area (Å²) in [6.07, 6.45) is 0. The third-order valence-electron chi connectivity index (χ3n) is 5.26. The van der Waals surface area contributed by atoms with Gasteiger partial charge in [-0.25, -0.2) is 13.4 Å². The predicted octanol–water partition coefficient (Wildman–Crippen LogP) is 5.29. The zero-order valence-corrected chi connectivity index (χ0v) is 19.5. The zero-order chi connectivity index (χ0) is 23.8. The largest absolute Gasteiger partial charge is 0.341 e. The van der Waals surface area contributed by atoms with Crippen molar-refractivity contribution in [2.75, 3.05) is 0 Å². The van der Waals surface area contributed by atoms with Gasteiger partial charge in [0.25, 0.3) is 5.56 Å². The van der Waals surface area contributed by atoms with Crippen LogP contribution >= 0.6 is 11.8 Å². The van der Waals surface area contributed by atoms with Gasteiger partial charge in [0.1, 0.15) is 0 Å². The van der Waals surface area contributed by atoms with Gasteiger partial charge in [-0.15, -0.1) is 0 Å². The van der Waals surface area contributed by atoms with Crippen LogP contribution in [0.15, 0.2) is 81.6 Å². The molecule has 170 valence electrons. The topological polar surface area (TPSA) is 69.0 Å². The molecule has 0 atom stereocenters. The molecular formula is C24H20F2N2O3S2. The Morgan fingerprint density at radius 2 is 1.58 bits per heavy atom. The molecule has 0 aliphatic carbocycles. The summed E-state index contributed by atoms with van der Waals surface area (Å²) in [7, 11) is -4.64. The van der Waals surface area contributed by atoms with Crippen LogP contribution in [0.25, 0.3) is 16.6 Å². The first kappa shape index (κ1) is 23.1. The molecule has 1 aromatic heterocycles. The minimum absolute atomic E-state index is 0.182. The summed E-state index contributed by atoms with van der Waals surface area (Å²) in [6, 6.07) is 18.2. The normalized spacial score (nSPS) is 11.9. The molecule has 0 amide bonds. The lowest BCUT2D eigenvalue weighted by Crippen LogP contribution is -2.23. The lowest BCUT2D eigenvalue weighted by molar-refractivity contribution is 0.234. The summed E-state index contributed by atoms with van der Waals surface area (Å²) in [4.78, 5) is 17.7. The van der Waals surface area contributed by atoms with Crippen molar-refractivity contribution in [2.24, 2.45) is 0 Å². The zero-order valence-electron chi connectivity index (χ0n) is 17.8. The second-order valence-electron chi connectivity index (χ2n) is 7.53. The van der Waals surface area contributed by atoms with E-state index in [0.717, 1.165) is 16.8 Å². The van der Waals surface area contributed by atoms with E-state index in [1.165, 1.54) is 36.0 Å². The van der Waals surface area contributed by atoms with Crippen molar-refractivity contribution >= 4 is 32.5 Å². The fraction of sp³-hybridized carbons (Fsp3) is 0.167. The van der Waals surface area contributed by atoms with Crippen LogP contribution in [-0.4, -0.2) is 23.7 Å². The first-order valence-electron chi connectivity index (χ1n) is 10.0. The molecule has 0 bridgehead atoms. The van der Waals surface area contributed by atoms with Gasteiger partial charge < -0.3 is 0 Å². The van der Waals surface area contributed by atoms with E-state index < -0.39 is 20.5 Å². The van der Waals surface area contributed by atoms with E-state index >= 15 is 0 Å². The molecule has 0 saturated heterocycles. The average molecular weight is 487 g/mol. The number of aryl methyl sites for hydroxylation is 2. The molecule has 5 nitrogen and oxygen atoms in total. The number of rotatable bonds is 6. The molecule has 1 heterocycles. The molecule has 4 aromatic rings. The standard InChI is InChI=1S/C24H20F2N2O3S2/c1-15-6-5-7-16(2)21(15)28-22(29)19-8-3-4-9-20(19)27-24(28)32-14-17-10-12-18(13-11-17)33(30,31)23(25)26/h3-13,23H,14H2,1-2H3. The van der Waals surface area contributed by atoms with Gasteiger partial charge >= 0.3 is 5.76 Å². The van der Waals surface area contributed by atoms with Crippen molar-refractivity contribution in [3.63, 3.8) is 0 Å². The van der Waals surface area contributed by atoms with E-state index in [2.05, 4.69) is 0 Å². The van der Waals surface area contributed by atoms with E-state index in [1.54, 1.807) is 22.8 Å². The summed E-state index contributed by atoms with van der Waals surface area (Å²) in [5.74, 6) is -3.10. The van der Waals surface area contributed by atoms with Gasteiger partial charge in [0, 0.05) is 5.75 Å². The molecule has 4 rings (SSSR count). The molecule has 0 aliphatic heterocycles. The number of sulfone groups is 1. The molecule has 3 aromatic carbocycles. The molecule has 0 radical (unpaired) electrons. The molecule has 0 saturated carbocycles. The Labute approximate surface area is 194 Å². The van der Waals surface area contributed by atoms with E-state index in [0.29, 0.717) is 27.4 Å². The minimum atomic E-state index is -4.64. The highest BCUT2D eigenvalue weighted by atomic mass is 32.2. The van der Waals surface area contributed by atoms with Crippen LogP contribution in [0.1, 0.15) is 16.7 Å². The molecule has 0 N–H and O–H groups in total. The lowest BCUT2D eigenvalue weighted by atomic mass is 10.1. The Morgan fingerprint density at radius 3 is 2.21 bits per heavy atom. The van der Waals surface area contributed by atoms with Gasteiger partial charge in [0.2, 0.25) is 9.84 Å². The third kappa shape index (κ3) is 4.43. The average Bonchev–Trinajstić information content (AvgIpc) is 2.79. The smallest absolute Gasteiger partial charge is 0.268 e. The Hall–Kier alpha value is -3.04. The fourth-order valence-corrected chi connectivity index (χ4v) is 5.27. The van der Waals surface area contributed by atoms with Crippen molar-refractivity contribution in [3.8, 4) is 5.69 Å². The number of benzene rings is 3. The molecule has 0 spiro atoms. The summed E-state index contributed by atoms with van der Waals surface area (Å²) >= 11 is 1.32. The van der Waals surface area contributed by atoms with Crippen LogP contribution in [0.4, 0.5) is 8.78 Å². The SMILES string of the molecule is Cc1cccc(C)c1-n1c(SCc2ccc(S(=O)(=O)C(F)F)cc2)nc2ccccc2c1=O. The van der Waals surface area contributed by atoms with E-state index in [1.807, 2.05) is 38.1 Å². The number of thioether (sulfide) groups is 1. The van der Waals surface area contributed by atoms with E-state index in [9.17, 15) is 22.0 Å². The van der Waals surface area contributed by atoms with Gasteiger partial charge in [0.05, 0.1) is 21.5 Å². The lowest BCUT2D eigenvalue weighted by Gasteiger charge is -2.17. The van der Waals surface area contributed by atoms with Crippen LogP contribution in [0.3, 0.4) is 0 Å². The molecule has 0 aliphatic rings. The van der Waals surface area contributed by atoms with Crippen LogP contribution < -0.4 is 5.56 Å². The Bertz CT molecular complexity index is 1480. The molecule has 33 heavy (non-hydrogen) atoms. The van der Waals surface area contributed by atoms with Crippen LogP contribution in [0.2, 0.25) is 0 Å². The summed E-state index contributed by atoms with van der Waals surface area (Å²) in [5.41, 5.74) is 3.73. The monoisotopic (exact) mass is 486 g/mol. The van der Waals surface area contributed by atoms with Crippen molar-refractivity contribution < 1.29 is 17.2 Å². The number of fused-ring (bicyclic) bond motifs is 1.